The minimum Gasteiger partial charge on any atom is -0.276 e. The zero-order valence-electron chi connectivity index (χ0n) is 14.0. The first-order valence-electron chi connectivity index (χ1n) is 8.11. The maximum absolute atomic E-state index is 12.6. The zero-order chi connectivity index (χ0) is 18.9. The van der Waals surface area contributed by atoms with E-state index in [1.54, 1.807) is 36.7 Å². The van der Waals surface area contributed by atoms with Crippen LogP contribution in [0.25, 0.3) is 22.0 Å². The van der Waals surface area contributed by atoms with E-state index in [-0.39, 0.29) is 15.7 Å². The Labute approximate surface area is 161 Å². The van der Waals surface area contributed by atoms with E-state index in [4.69, 9.17) is 11.6 Å². The van der Waals surface area contributed by atoms with Crippen LogP contribution in [0.3, 0.4) is 0 Å². The van der Waals surface area contributed by atoms with Gasteiger partial charge in [-0.1, -0.05) is 41.9 Å². The molecule has 0 radical (unpaired) electrons. The molecule has 4 aromatic rings. The van der Waals surface area contributed by atoms with Crippen molar-refractivity contribution in [3.05, 3.63) is 84.3 Å². The largest absolute Gasteiger partial charge is 0.276 e. The second kappa shape index (κ2) is 6.98. The summed E-state index contributed by atoms with van der Waals surface area (Å²) in [6.45, 7) is 0. The van der Waals surface area contributed by atoms with Crippen LogP contribution in [0.1, 0.15) is 0 Å². The summed E-state index contributed by atoms with van der Waals surface area (Å²) in [5.41, 5.74) is 2.74. The number of fused-ring (bicyclic) bond motifs is 1. The summed E-state index contributed by atoms with van der Waals surface area (Å²) < 4.78 is 27.7. The molecule has 0 saturated heterocycles. The smallest absolute Gasteiger partial charge is 0.261 e. The molecule has 0 atom stereocenters. The lowest BCUT2D eigenvalue weighted by molar-refractivity contribution is 0.601. The Morgan fingerprint density at radius 2 is 1.67 bits per heavy atom. The van der Waals surface area contributed by atoms with E-state index in [2.05, 4.69) is 14.7 Å². The average molecular weight is 396 g/mol. The molecule has 5 nitrogen and oxygen atoms in total. The number of rotatable bonds is 4. The molecule has 2 heterocycles. The molecule has 7 heteroatoms. The standard InChI is InChI=1S/C20H14ClN3O2S/c21-20-19(24-27(25,26)17-6-2-1-3-7-17)12-16(13-23-20)14-8-9-18-15(11-14)5-4-10-22-18/h1-13,24H. The lowest BCUT2D eigenvalue weighted by Gasteiger charge is -2.11. The third-order valence-corrected chi connectivity index (χ3v) is 5.76. The lowest BCUT2D eigenvalue weighted by atomic mass is 10.0. The Morgan fingerprint density at radius 3 is 2.48 bits per heavy atom. The molecular weight excluding hydrogens is 382 g/mol. The number of sulfonamides is 1. The van der Waals surface area contributed by atoms with Crippen molar-refractivity contribution in [2.24, 2.45) is 0 Å². The number of nitrogens with zero attached hydrogens (tertiary/aromatic N) is 2. The van der Waals surface area contributed by atoms with Crippen LogP contribution >= 0.6 is 11.6 Å². The monoisotopic (exact) mass is 395 g/mol. The fourth-order valence-electron chi connectivity index (χ4n) is 2.74. The van der Waals surface area contributed by atoms with E-state index >= 15 is 0 Å². The highest BCUT2D eigenvalue weighted by Gasteiger charge is 2.16. The van der Waals surface area contributed by atoms with Gasteiger partial charge in [-0.15, -0.1) is 0 Å². The van der Waals surface area contributed by atoms with Crippen LogP contribution in [-0.4, -0.2) is 18.4 Å². The zero-order valence-corrected chi connectivity index (χ0v) is 15.6. The van der Waals surface area contributed by atoms with Crippen molar-refractivity contribution in [3.8, 4) is 11.1 Å². The highest BCUT2D eigenvalue weighted by atomic mass is 35.5. The van der Waals surface area contributed by atoms with Crippen LogP contribution in [0, 0.1) is 0 Å². The minimum absolute atomic E-state index is 0.0840. The van der Waals surface area contributed by atoms with E-state index in [1.807, 2.05) is 30.3 Å². The molecule has 2 aromatic carbocycles. The summed E-state index contributed by atoms with van der Waals surface area (Å²) in [5.74, 6) is 0. The van der Waals surface area contributed by atoms with Gasteiger partial charge in [0.1, 0.15) is 0 Å². The summed E-state index contributed by atoms with van der Waals surface area (Å²) in [6, 6.07) is 19.4. The SMILES string of the molecule is O=S(=O)(Nc1cc(-c2ccc3ncccc3c2)cnc1Cl)c1ccccc1. The third kappa shape index (κ3) is 3.63. The van der Waals surface area contributed by atoms with Gasteiger partial charge in [0.15, 0.2) is 5.15 Å². The van der Waals surface area contributed by atoms with Crippen molar-refractivity contribution in [1.82, 2.24) is 9.97 Å². The minimum atomic E-state index is -3.75. The maximum atomic E-state index is 12.6. The van der Waals surface area contributed by atoms with E-state index in [0.717, 1.165) is 22.0 Å². The Morgan fingerprint density at radius 1 is 0.852 bits per heavy atom. The molecule has 0 aliphatic heterocycles. The van der Waals surface area contributed by atoms with Crippen LogP contribution in [0.5, 0.6) is 0 Å². The fraction of sp³-hybridized carbons (Fsp3) is 0. The first-order valence-corrected chi connectivity index (χ1v) is 9.98. The van der Waals surface area contributed by atoms with Gasteiger partial charge in [0.25, 0.3) is 10.0 Å². The summed E-state index contributed by atoms with van der Waals surface area (Å²) in [6.07, 6.45) is 3.35. The predicted octanol–water partition coefficient (Wildman–Crippen LogP) is 4.75. The second-order valence-corrected chi connectivity index (χ2v) is 7.93. The first kappa shape index (κ1) is 17.5. The van der Waals surface area contributed by atoms with E-state index in [0.29, 0.717) is 0 Å². The number of hydrogen-bond donors (Lipinski definition) is 1. The lowest BCUT2D eigenvalue weighted by Crippen LogP contribution is -2.13. The van der Waals surface area contributed by atoms with Crippen molar-refractivity contribution >= 4 is 38.2 Å². The van der Waals surface area contributed by atoms with Crippen molar-refractivity contribution in [2.45, 2.75) is 4.90 Å². The highest BCUT2D eigenvalue weighted by molar-refractivity contribution is 7.92. The van der Waals surface area contributed by atoms with Gasteiger partial charge in [0, 0.05) is 23.3 Å². The number of pyridine rings is 2. The highest BCUT2D eigenvalue weighted by Crippen LogP contribution is 2.30. The Hall–Kier alpha value is -2.96. The molecule has 0 aliphatic rings. The van der Waals surface area contributed by atoms with Crippen LogP contribution in [-0.2, 0) is 10.0 Å². The molecule has 0 bridgehead atoms. The predicted molar refractivity (Wildman–Crippen MR) is 107 cm³/mol. The quantitative estimate of drug-likeness (QED) is 0.506. The van der Waals surface area contributed by atoms with Gasteiger partial charge < -0.3 is 0 Å². The molecule has 0 unspecified atom stereocenters. The van der Waals surface area contributed by atoms with Gasteiger partial charge in [-0.05, 0) is 42.0 Å². The van der Waals surface area contributed by atoms with Crippen molar-refractivity contribution < 1.29 is 8.42 Å². The molecule has 0 saturated carbocycles. The molecule has 0 spiro atoms. The molecule has 2 aromatic heterocycles. The molecular formula is C20H14ClN3O2S. The molecule has 134 valence electrons. The molecule has 4 rings (SSSR count). The second-order valence-electron chi connectivity index (χ2n) is 5.89. The number of halogens is 1. The van der Waals surface area contributed by atoms with E-state index < -0.39 is 10.0 Å². The molecule has 0 aliphatic carbocycles. The Bertz CT molecular complexity index is 1230. The third-order valence-electron chi connectivity index (χ3n) is 4.07. The Kier molecular flexibility index (Phi) is 4.51. The van der Waals surface area contributed by atoms with E-state index in [1.165, 1.54) is 12.1 Å². The molecule has 27 heavy (non-hydrogen) atoms. The number of aromatic nitrogens is 2. The summed E-state index contributed by atoms with van der Waals surface area (Å²) in [5, 5.41) is 1.07. The van der Waals surface area contributed by atoms with Gasteiger partial charge in [0.2, 0.25) is 0 Å². The number of anilines is 1. The van der Waals surface area contributed by atoms with E-state index in [9.17, 15) is 8.42 Å². The van der Waals surface area contributed by atoms with Gasteiger partial charge in [-0.25, -0.2) is 13.4 Å². The van der Waals surface area contributed by atoms with Crippen molar-refractivity contribution in [3.63, 3.8) is 0 Å². The first-order chi connectivity index (χ1) is 13.0. The van der Waals surface area contributed by atoms with Gasteiger partial charge >= 0.3 is 0 Å². The number of hydrogen-bond acceptors (Lipinski definition) is 4. The summed E-state index contributed by atoms with van der Waals surface area (Å²) >= 11 is 6.12. The topological polar surface area (TPSA) is 72.0 Å². The van der Waals surface area contributed by atoms with Crippen molar-refractivity contribution in [1.29, 1.82) is 0 Å². The number of nitrogens with one attached hydrogen (secondary N) is 1. The van der Waals surface area contributed by atoms with Gasteiger partial charge in [0.05, 0.1) is 16.1 Å². The maximum Gasteiger partial charge on any atom is 0.261 e. The number of benzene rings is 2. The normalized spacial score (nSPS) is 11.4. The van der Waals surface area contributed by atoms with Crippen LogP contribution in [0.15, 0.2) is 84.0 Å². The van der Waals surface area contributed by atoms with Crippen LogP contribution in [0.4, 0.5) is 5.69 Å². The molecule has 0 amide bonds. The van der Waals surface area contributed by atoms with Gasteiger partial charge in [-0.2, -0.15) is 0 Å². The van der Waals surface area contributed by atoms with Gasteiger partial charge in [-0.3, -0.25) is 9.71 Å². The Balaban J connectivity index is 1.73. The van der Waals surface area contributed by atoms with Crippen LogP contribution < -0.4 is 4.72 Å². The summed E-state index contributed by atoms with van der Waals surface area (Å²) in [7, 11) is -3.75. The summed E-state index contributed by atoms with van der Waals surface area (Å²) in [4.78, 5) is 8.59. The fourth-order valence-corrected chi connectivity index (χ4v) is 4.02. The van der Waals surface area contributed by atoms with Crippen LogP contribution in [0.2, 0.25) is 5.15 Å². The molecule has 0 fully saturated rings. The average Bonchev–Trinajstić information content (AvgIpc) is 2.70. The molecule has 1 N–H and O–H groups in total. The van der Waals surface area contributed by atoms with Crippen molar-refractivity contribution in [2.75, 3.05) is 4.72 Å².